The lowest BCUT2D eigenvalue weighted by molar-refractivity contribution is 0.102. The molecule has 0 aliphatic carbocycles. The smallest absolute Gasteiger partial charge is 0.261 e. The molecule has 156 valence electrons. The molecule has 2 N–H and O–H groups in total. The van der Waals surface area contributed by atoms with Gasteiger partial charge < -0.3 is 5.32 Å². The lowest BCUT2D eigenvalue weighted by Gasteiger charge is -2.19. The molecule has 1 amide bonds. The zero-order chi connectivity index (χ0) is 21.9. The summed E-state index contributed by atoms with van der Waals surface area (Å²) in [5.74, 6) is -0.258. The lowest BCUT2D eigenvalue weighted by Crippen LogP contribution is -2.14. The Morgan fingerprint density at radius 2 is 1.30 bits per heavy atom. The third kappa shape index (κ3) is 5.27. The fourth-order valence-electron chi connectivity index (χ4n) is 2.88. The first kappa shape index (κ1) is 21.6. The van der Waals surface area contributed by atoms with Gasteiger partial charge in [-0.15, -0.1) is 0 Å². The molecule has 30 heavy (non-hydrogen) atoms. The molecule has 0 aliphatic rings. The number of anilines is 2. The normalized spacial score (nSPS) is 11.7. The SMILES string of the molecule is Cc1ccc(S(=O)(=O)Nc2ccc(C(=O)Nc3ccc(C(C)(C)C)cc3)cc2)cc1. The van der Waals surface area contributed by atoms with Crippen LogP contribution < -0.4 is 10.0 Å². The molecule has 0 radical (unpaired) electrons. The van der Waals surface area contributed by atoms with Gasteiger partial charge in [-0.1, -0.05) is 50.6 Å². The average Bonchev–Trinajstić information content (AvgIpc) is 2.68. The summed E-state index contributed by atoms with van der Waals surface area (Å²) in [6.07, 6.45) is 0. The van der Waals surface area contributed by atoms with Crippen molar-refractivity contribution in [1.82, 2.24) is 0 Å². The first-order valence-corrected chi connectivity index (χ1v) is 11.1. The molecular weight excluding hydrogens is 396 g/mol. The van der Waals surface area contributed by atoms with E-state index in [1.807, 2.05) is 31.2 Å². The molecule has 3 rings (SSSR count). The second kappa shape index (κ2) is 8.32. The van der Waals surface area contributed by atoms with Crippen LogP contribution in [0.25, 0.3) is 0 Å². The van der Waals surface area contributed by atoms with Crippen molar-refractivity contribution in [2.24, 2.45) is 0 Å². The molecule has 3 aromatic carbocycles. The van der Waals surface area contributed by atoms with Crippen molar-refractivity contribution >= 4 is 27.3 Å². The monoisotopic (exact) mass is 422 g/mol. The molecule has 0 spiro atoms. The maximum Gasteiger partial charge on any atom is 0.261 e. The first-order chi connectivity index (χ1) is 14.0. The number of amides is 1. The van der Waals surface area contributed by atoms with Gasteiger partial charge in [-0.2, -0.15) is 0 Å². The molecule has 0 saturated carbocycles. The maximum atomic E-state index is 12.5. The van der Waals surface area contributed by atoms with Crippen LogP contribution >= 0.6 is 0 Å². The van der Waals surface area contributed by atoms with Crippen LogP contribution in [-0.4, -0.2) is 14.3 Å². The van der Waals surface area contributed by atoms with Gasteiger partial charge in [0.15, 0.2) is 0 Å². The van der Waals surface area contributed by atoms with Crippen LogP contribution in [-0.2, 0) is 15.4 Å². The van der Waals surface area contributed by atoms with E-state index in [4.69, 9.17) is 0 Å². The summed E-state index contributed by atoms with van der Waals surface area (Å²) in [6, 6.07) is 20.7. The van der Waals surface area contributed by atoms with Crippen LogP contribution in [0.5, 0.6) is 0 Å². The fourth-order valence-corrected chi connectivity index (χ4v) is 3.94. The minimum atomic E-state index is -3.68. The number of aryl methyl sites for hydroxylation is 1. The molecule has 0 atom stereocenters. The van der Waals surface area contributed by atoms with E-state index in [2.05, 4.69) is 30.8 Å². The number of carbonyl (C=O) groups excluding carboxylic acids is 1. The van der Waals surface area contributed by atoms with Gasteiger partial charge >= 0.3 is 0 Å². The summed E-state index contributed by atoms with van der Waals surface area (Å²) < 4.78 is 27.5. The standard InChI is InChI=1S/C24H26N2O3S/c1-17-5-15-22(16-6-17)30(28,29)26-21-11-7-18(8-12-21)23(27)25-20-13-9-19(10-14-20)24(2,3)4/h5-16,26H,1-4H3,(H,25,27). The highest BCUT2D eigenvalue weighted by atomic mass is 32.2. The Morgan fingerprint density at radius 1 is 0.767 bits per heavy atom. The van der Waals surface area contributed by atoms with Gasteiger partial charge in [0.1, 0.15) is 0 Å². The number of sulfonamides is 1. The Labute approximate surface area is 178 Å². The van der Waals surface area contributed by atoms with Crippen molar-refractivity contribution in [3.05, 3.63) is 89.5 Å². The van der Waals surface area contributed by atoms with Gasteiger partial charge in [0.25, 0.3) is 15.9 Å². The number of nitrogens with one attached hydrogen (secondary N) is 2. The van der Waals surface area contributed by atoms with Crippen LogP contribution in [0.4, 0.5) is 11.4 Å². The van der Waals surface area contributed by atoms with Crippen LogP contribution in [0.15, 0.2) is 77.7 Å². The van der Waals surface area contributed by atoms with Crippen LogP contribution in [0, 0.1) is 6.92 Å². The van der Waals surface area contributed by atoms with Crippen molar-refractivity contribution < 1.29 is 13.2 Å². The molecule has 0 heterocycles. The van der Waals surface area contributed by atoms with E-state index in [0.29, 0.717) is 16.9 Å². The molecule has 0 fully saturated rings. The van der Waals surface area contributed by atoms with Crippen molar-refractivity contribution in [1.29, 1.82) is 0 Å². The molecule has 6 heteroatoms. The van der Waals surface area contributed by atoms with Gasteiger partial charge in [0.05, 0.1) is 4.90 Å². The summed E-state index contributed by atoms with van der Waals surface area (Å²) in [5, 5.41) is 2.86. The van der Waals surface area contributed by atoms with Gasteiger partial charge in [-0.05, 0) is 66.4 Å². The Kier molecular flexibility index (Phi) is 5.99. The van der Waals surface area contributed by atoms with E-state index in [1.165, 1.54) is 5.56 Å². The minimum Gasteiger partial charge on any atom is -0.322 e. The zero-order valence-electron chi connectivity index (χ0n) is 17.6. The predicted molar refractivity (Wildman–Crippen MR) is 122 cm³/mol. The molecule has 5 nitrogen and oxygen atoms in total. The third-order valence-corrected chi connectivity index (χ3v) is 6.14. The van der Waals surface area contributed by atoms with E-state index in [1.54, 1.807) is 48.5 Å². The van der Waals surface area contributed by atoms with E-state index < -0.39 is 10.0 Å². The third-order valence-electron chi connectivity index (χ3n) is 4.74. The van der Waals surface area contributed by atoms with Crippen molar-refractivity contribution in [3.63, 3.8) is 0 Å². The molecule has 0 saturated heterocycles. The second-order valence-electron chi connectivity index (χ2n) is 8.28. The van der Waals surface area contributed by atoms with E-state index in [9.17, 15) is 13.2 Å². The Hall–Kier alpha value is -3.12. The molecular formula is C24H26N2O3S. The highest BCUT2D eigenvalue weighted by molar-refractivity contribution is 7.92. The van der Waals surface area contributed by atoms with Gasteiger partial charge in [-0.25, -0.2) is 8.42 Å². The summed E-state index contributed by atoms with van der Waals surface area (Å²) in [5.41, 5.74) is 3.75. The molecule has 3 aromatic rings. The van der Waals surface area contributed by atoms with Gasteiger partial charge in [0, 0.05) is 16.9 Å². The topological polar surface area (TPSA) is 75.3 Å². The molecule has 0 aromatic heterocycles. The Bertz CT molecular complexity index is 1130. The fraction of sp³-hybridized carbons (Fsp3) is 0.208. The number of rotatable bonds is 5. The molecule has 0 aliphatic heterocycles. The first-order valence-electron chi connectivity index (χ1n) is 9.66. The molecule has 0 bridgehead atoms. The Balaban J connectivity index is 1.67. The lowest BCUT2D eigenvalue weighted by atomic mass is 9.87. The van der Waals surface area contributed by atoms with Crippen molar-refractivity contribution in [2.75, 3.05) is 10.0 Å². The van der Waals surface area contributed by atoms with Crippen LogP contribution in [0.2, 0.25) is 0 Å². The van der Waals surface area contributed by atoms with Crippen LogP contribution in [0.1, 0.15) is 42.3 Å². The number of carbonyl (C=O) groups is 1. The minimum absolute atomic E-state index is 0.0459. The highest BCUT2D eigenvalue weighted by Crippen LogP contribution is 2.24. The van der Waals surface area contributed by atoms with Gasteiger partial charge in [0.2, 0.25) is 0 Å². The quantitative estimate of drug-likeness (QED) is 0.582. The largest absolute Gasteiger partial charge is 0.322 e. The highest BCUT2D eigenvalue weighted by Gasteiger charge is 2.15. The maximum absolute atomic E-state index is 12.5. The number of hydrogen-bond donors (Lipinski definition) is 2. The number of benzene rings is 3. The van der Waals surface area contributed by atoms with E-state index in [0.717, 1.165) is 5.56 Å². The average molecular weight is 423 g/mol. The zero-order valence-corrected chi connectivity index (χ0v) is 18.4. The predicted octanol–water partition coefficient (Wildman–Crippen LogP) is 5.35. The van der Waals surface area contributed by atoms with E-state index in [-0.39, 0.29) is 16.2 Å². The summed E-state index contributed by atoms with van der Waals surface area (Å²) in [7, 11) is -3.68. The second-order valence-corrected chi connectivity index (χ2v) is 9.96. The van der Waals surface area contributed by atoms with Crippen molar-refractivity contribution in [2.45, 2.75) is 38.0 Å². The molecule has 0 unspecified atom stereocenters. The van der Waals surface area contributed by atoms with Crippen LogP contribution in [0.3, 0.4) is 0 Å². The summed E-state index contributed by atoms with van der Waals surface area (Å²) in [6.45, 7) is 8.30. The van der Waals surface area contributed by atoms with Gasteiger partial charge in [-0.3, -0.25) is 9.52 Å². The summed E-state index contributed by atoms with van der Waals surface area (Å²) in [4.78, 5) is 12.7. The van der Waals surface area contributed by atoms with Crippen molar-refractivity contribution in [3.8, 4) is 0 Å². The summed E-state index contributed by atoms with van der Waals surface area (Å²) >= 11 is 0. The number of hydrogen-bond acceptors (Lipinski definition) is 3. The Morgan fingerprint density at radius 3 is 1.83 bits per heavy atom. The van der Waals surface area contributed by atoms with E-state index >= 15 is 0 Å².